The molecule has 3 aromatic rings. The molecule has 16 heavy (non-hydrogen) atoms. The first-order valence-corrected chi connectivity index (χ1v) is 5.32. The Morgan fingerprint density at radius 2 is 1.81 bits per heavy atom. The van der Waals surface area contributed by atoms with Gasteiger partial charge in [0, 0.05) is 0 Å². The molecule has 2 heterocycles. The van der Waals surface area contributed by atoms with Crippen LogP contribution in [0.4, 0.5) is 0 Å². The minimum absolute atomic E-state index is 0.218. The van der Waals surface area contributed by atoms with Crippen molar-refractivity contribution in [1.82, 2.24) is 25.0 Å². The number of nitrogens with zero attached hydrogens (tertiary/aromatic N) is 5. The molecule has 0 radical (unpaired) electrons. The predicted octanol–water partition coefficient (Wildman–Crippen LogP) is 2.63. The summed E-state index contributed by atoms with van der Waals surface area (Å²) in [6.45, 7) is 0. The summed E-state index contributed by atoms with van der Waals surface area (Å²) >= 11 is 17.7. The highest BCUT2D eigenvalue weighted by atomic mass is 35.5. The highest BCUT2D eigenvalue weighted by Gasteiger charge is 2.11. The predicted molar refractivity (Wildman–Crippen MR) is 61.1 cm³/mol. The number of tetrazole rings is 1. The zero-order valence-electron chi connectivity index (χ0n) is 7.52. The molecule has 1 aromatic carbocycles. The number of hydrogen-bond donors (Lipinski definition) is 0. The lowest BCUT2D eigenvalue weighted by Crippen LogP contribution is -1.95. The van der Waals surface area contributed by atoms with Crippen LogP contribution in [0.25, 0.3) is 16.7 Å². The van der Waals surface area contributed by atoms with E-state index < -0.39 is 0 Å². The molecule has 5 nitrogen and oxygen atoms in total. The van der Waals surface area contributed by atoms with Crippen LogP contribution < -0.4 is 0 Å². The van der Waals surface area contributed by atoms with Crippen LogP contribution in [0.5, 0.6) is 0 Å². The van der Waals surface area contributed by atoms with E-state index in [0.29, 0.717) is 26.7 Å². The van der Waals surface area contributed by atoms with Crippen molar-refractivity contribution in [3.63, 3.8) is 0 Å². The Kier molecular flexibility index (Phi) is 2.14. The molecule has 0 fully saturated rings. The van der Waals surface area contributed by atoms with Gasteiger partial charge in [0.05, 0.1) is 21.1 Å². The SMILES string of the molecule is Clc1cc2nc(Cl)c3nnnn3c2cc1Cl. The zero-order valence-corrected chi connectivity index (χ0v) is 9.79. The van der Waals surface area contributed by atoms with Gasteiger partial charge in [-0.05, 0) is 22.6 Å². The molecule has 0 bridgehead atoms. The van der Waals surface area contributed by atoms with Crippen molar-refractivity contribution < 1.29 is 0 Å². The lowest BCUT2D eigenvalue weighted by Gasteiger charge is -2.02. The Labute approximate surface area is 104 Å². The molecule has 3 rings (SSSR count). The fourth-order valence-corrected chi connectivity index (χ4v) is 1.94. The van der Waals surface area contributed by atoms with E-state index in [4.69, 9.17) is 34.8 Å². The van der Waals surface area contributed by atoms with E-state index >= 15 is 0 Å². The van der Waals surface area contributed by atoms with Crippen molar-refractivity contribution in [2.75, 3.05) is 0 Å². The molecule has 0 saturated heterocycles. The lowest BCUT2D eigenvalue weighted by atomic mass is 10.3. The lowest BCUT2D eigenvalue weighted by molar-refractivity contribution is 0.841. The average molecular weight is 274 g/mol. The first-order chi connectivity index (χ1) is 7.66. The van der Waals surface area contributed by atoms with Crippen molar-refractivity contribution in [1.29, 1.82) is 0 Å². The summed E-state index contributed by atoms with van der Waals surface area (Å²) in [6.07, 6.45) is 0. The number of aromatic nitrogens is 5. The Hall–Kier alpha value is -1.17. The third kappa shape index (κ3) is 1.32. The van der Waals surface area contributed by atoms with Gasteiger partial charge in [0.2, 0.25) is 5.65 Å². The maximum absolute atomic E-state index is 5.92. The van der Waals surface area contributed by atoms with Gasteiger partial charge in [0.15, 0.2) is 5.15 Å². The molecule has 0 N–H and O–H groups in total. The van der Waals surface area contributed by atoms with Gasteiger partial charge in [-0.25, -0.2) is 4.98 Å². The fourth-order valence-electron chi connectivity index (χ4n) is 1.42. The molecule has 0 spiro atoms. The molecule has 0 atom stereocenters. The summed E-state index contributed by atoms with van der Waals surface area (Å²) in [4.78, 5) is 4.14. The van der Waals surface area contributed by atoms with Crippen LogP contribution in [0.2, 0.25) is 15.2 Å². The minimum Gasteiger partial charge on any atom is -0.230 e. The van der Waals surface area contributed by atoms with Crippen LogP contribution in [0, 0.1) is 0 Å². The highest BCUT2D eigenvalue weighted by Crippen LogP contribution is 2.28. The van der Waals surface area contributed by atoms with Gasteiger partial charge in [-0.1, -0.05) is 34.8 Å². The zero-order chi connectivity index (χ0) is 11.3. The van der Waals surface area contributed by atoms with Crippen LogP contribution >= 0.6 is 34.8 Å². The van der Waals surface area contributed by atoms with Crippen LogP contribution in [-0.2, 0) is 0 Å². The molecular formula is C8H2Cl3N5. The third-order valence-electron chi connectivity index (χ3n) is 2.12. The van der Waals surface area contributed by atoms with Gasteiger partial charge in [0.25, 0.3) is 0 Å². The van der Waals surface area contributed by atoms with E-state index in [1.165, 1.54) is 4.52 Å². The summed E-state index contributed by atoms with van der Waals surface area (Å²) < 4.78 is 1.47. The molecule has 2 aromatic heterocycles. The van der Waals surface area contributed by atoms with E-state index in [0.717, 1.165) is 0 Å². The molecule has 0 aliphatic rings. The van der Waals surface area contributed by atoms with Gasteiger partial charge >= 0.3 is 0 Å². The summed E-state index contributed by atoms with van der Waals surface area (Å²) in [7, 11) is 0. The summed E-state index contributed by atoms with van der Waals surface area (Å²) in [5.74, 6) is 0. The van der Waals surface area contributed by atoms with Crippen LogP contribution in [0.1, 0.15) is 0 Å². The second-order valence-corrected chi connectivity index (χ2v) is 4.24. The summed E-state index contributed by atoms with van der Waals surface area (Å²) in [5.41, 5.74) is 1.62. The van der Waals surface area contributed by atoms with Crippen LogP contribution in [0.15, 0.2) is 12.1 Å². The molecule has 8 heteroatoms. The van der Waals surface area contributed by atoms with Crippen molar-refractivity contribution in [3.8, 4) is 0 Å². The van der Waals surface area contributed by atoms with E-state index in [1.807, 2.05) is 0 Å². The first kappa shape index (κ1) is 10.0. The fraction of sp³-hybridized carbons (Fsp3) is 0. The van der Waals surface area contributed by atoms with E-state index in [9.17, 15) is 0 Å². The largest absolute Gasteiger partial charge is 0.230 e. The van der Waals surface area contributed by atoms with Gasteiger partial charge in [0.1, 0.15) is 0 Å². The van der Waals surface area contributed by atoms with Crippen molar-refractivity contribution >= 4 is 51.5 Å². The normalized spacial score (nSPS) is 11.4. The number of fused-ring (bicyclic) bond motifs is 3. The van der Waals surface area contributed by atoms with Gasteiger partial charge in [-0.3, -0.25) is 0 Å². The molecule has 0 unspecified atom stereocenters. The first-order valence-electron chi connectivity index (χ1n) is 4.19. The second-order valence-electron chi connectivity index (χ2n) is 3.07. The Balaban J connectivity index is 2.59. The monoisotopic (exact) mass is 273 g/mol. The van der Waals surface area contributed by atoms with E-state index in [-0.39, 0.29) is 5.15 Å². The molecule has 0 aliphatic heterocycles. The van der Waals surface area contributed by atoms with Gasteiger partial charge < -0.3 is 0 Å². The van der Waals surface area contributed by atoms with E-state index in [1.54, 1.807) is 12.1 Å². The van der Waals surface area contributed by atoms with Crippen molar-refractivity contribution in [2.24, 2.45) is 0 Å². The topological polar surface area (TPSA) is 56.0 Å². The quantitative estimate of drug-likeness (QED) is 0.632. The molecule has 0 amide bonds. The number of halogens is 3. The average Bonchev–Trinajstić information content (AvgIpc) is 2.71. The molecule has 0 aliphatic carbocycles. The van der Waals surface area contributed by atoms with Gasteiger partial charge in [-0.15, -0.1) is 5.10 Å². The molecular weight excluding hydrogens is 272 g/mol. The summed E-state index contributed by atoms with van der Waals surface area (Å²) in [5, 5.41) is 12.1. The Morgan fingerprint density at radius 3 is 2.62 bits per heavy atom. The maximum atomic E-state index is 5.92. The number of benzene rings is 1. The minimum atomic E-state index is 0.218. The van der Waals surface area contributed by atoms with Crippen molar-refractivity contribution in [3.05, 3.63) is 27.3 Å². The highest BCUT2D eigenvalue weighted by molar-refractivity contribution is 6.42. The number of rotatable bonds is 0. The Bertz CT molecular complexity index is 708. The summed E-state index contributed by atoms with van der Waals surface area (Å²) in [6, 6.07) is 3.26. The van der Waals surface area contributed by atoms with Crippen molar-refractivity contribution in [2.45, 2.75) is 0 Å². The third-order valence-corrected chi connectivity index (χ3v) is 3.09. The second kappa shape index (κ2) is 3.41. The Morgan fingerprint density at radius 1 is 1.06 bits per heavy atom. The smallest absolute Gasteiger partial charge is 0.217 e. The van der Waals surface area contributed by atoms with Crippen LogP contribution in [0.3, 0.4) is 0 Å². The maximum Gasteiger partial charge on any atom is 0.217 e. The van der Waals surface area contributed by atoms with Gasteiger partial charge in [-0.2, -0.15) is 4.52 Å². The molecule has 80 valence electrons. The van der Waals surface area contributed by atoms with E-state index in [2.05, 4.69) is 20.5 Å². The van der Waals surface area contributed by atoms with Crippen LogP contribution in [-0.4, -0.2) is 25.0 Å². The number of hydrogen-bond acceptors (Lipinski definition) is 4. The molecule has 0 saturated carbocycles. The standard InChI is InChI=1S/C8H2Cl3N5/c9-3-1-5-6(2-4(3)10)16-8(7(11)12-5)13-14-15-16/h1-2H.